The first-order chi connectivity index (χ1) is 9.17. The Morgan fingerprint density at radius 1 is 1.47 bits per heavy atom. The number of hydrogen-bond acceptors (Lipinski definition) is 4. The highest BCUT2D eigenvalue weighted by molar-refractivity contribution is 5.84. The van der Waals surface area contributed by atoms with E-state index in [2.05, 4.69) is 17.3 Å². The number of benzene rings is 1. The standard InChI is InChI=1S/C14H21N3O2/c1-17-7-5-13(6-8-17)19-14(18)16-12-4-2-3-11(9-12)10-15/h2-4,9,13H,5-8,10,15H2,1H3,(H,16,18). The van der Waals surface area contributed by atoms with Gasteiger partial charge in [0.2, 0.25) is 0 Å². The summed E-state index contributed by atoms with van der Waals surface area (Å²) in [5, 5.41) is 2.74. The van der Waals surface area contributed by atoms with Gasteiger partial charge in [-0.25, -0.2) is 4.79 Å². The summed E-state index contributed by atoms with van der Waals surface area (Å²) in [6.45, 7) is 2.40. The van der Waals surface area contributed by atoms with E-state index in [1.807, 2.05) is 24.3 Å². The Kier molecular flexibility index (Phi) is 4.76. The second-order valence-electron chi connectivity index (χ2n) is 4.94. The van der Waals surface area contributed by atoms with E-state index >= 15 is 0 Å². The number of piperidine rings is 1. The number of amides is 1. The van der Waals surface area contributed by atoms with Gasteiger partial charge in [0.15, 0.2) is 0 Å². The number of hydrogen-bond donors (Lipinski definition) is 2. The number of nitrogens with zero attached hydrogens (tertiary/aromatic N) is 1. The van der Waals surface area contributed by atoms with E-state index in [4.69, 9.17) is 10.5 Å². The first-order valence-electron chi connectivity index (χ1n) is 6.62. The summed E-state index contributed by atoms with van der Waals surface area (Å²) in [4.78, 5) is 14.0. The van der Waals surface area contributed by atoms with Crippen LogP contribution in [0.4, 0.5) is 10.5 Å². The fourth-order valence-corrected chi connectivity index (χ4v) is 2.18. The predicted octanol–water partition coefficient (Wildman–Crippen LogP) is 1.79. The van der Waals surface area contributed by atoms with E-state index in [0.29, 0.717) is 6.54 Å². The molecule has 104 valence electrons. The SMILES string of the molecule is CN1CCC(OC(=O)Nc2cccc(CN)c2)CC1. The number of nitrogens with one attached hydrogen (secondary N) is 1. The second-order valence-corrected chi connectivity index (χ2v) is 4.94. The Balaban J connectivity index is 1.83. The molecule has 3 N–H and O–H groups in total. The molecule has 5 heteroatoms. The molecule has 1 heterocycles. The number of ether oxygens (including phenoxy) is 1. The largest absolute Gasteiger partial charge is 0.446 e. The molecule has 0 radical (unpaired) electrons. The number of carbonyl (C=O) groups excluding carboxylic acids is 1. The maximum Gasteiger partial charge on any atom is 0.411 e. The fraction of sp³-hybridized carbons (Fsp3) is 0.500. The first-order valence-corrected chi connectivity index (χ1v) is 6.62. The third-order valence-corrected chi connectivity index (χ3v) is 3.35. The van der Waals surface area contributed by atoms with Crippen LogP contribution in [0.25, 0.3) is 0 Å². The van der Waals surface area contributed by atoms with Gasteiger partial charge in [-0.1, -0.05) is 12.1 Å². The van der Waals surface area contributed by atoms with Crippen molar-refractivity contribution >= 4 is 11.8 Å². The van der Waals surface area contributed by atoms with Crippen molar-refractivity contribution in [2.24, 2.45) is 5.73 Å². The van der Waals surface area contributed by atoms with Crippen LogP contribution in [0.3, 0.4) is 0 Å². The van der Waals surface area contributed by atoms with Crippen molar-refractivity contribution in [1.29, 1.82) is 0 Å². The minimum atomic E-state index is -0.385. The van der Waals surface area contributed by atoms with Crippen LogP contribution < -0.4 is 11.1 Å². The maximum absolute atomic E-state index is 11.8. The van der Waals surface area contributed by atoms with Crippen molar-refractivity contribution in [3.05, 3.63) is 29.8 Å². The highest BCUT2D eigenvalue weighted by atomic mass is 16.6. The molecule has 2 rings (SSSR count). The van der Waals surface area contributed by atoms with Crippen molar-refractivity contribution in [2.45, 2.75) is 25.5 Å². The zero-order chi connectivity index (χ0) is 13.7. The van der Waals surface area contributed by atoms with E-state index in [1.54, 1.807) is 0 Å². The van der Waals surface area contributed by atoms with Gasteiger partial charge in [0.1, 0.15) is 6.10 Å². The molecule has 0 aliphatic carbocycles. The molecule has 1 amide bonds. The summed E-state index contributed by atoms with van der Waals surface area (Å²) in [5.74, 6) is 0. The quantitative estimate of drug-likeness (QED) is 0.872. The van der Waals surface area contributed by atoms with Crippen LogP contribution in [-0.4, -0.2) is 37.2 Å². The molecule has 0 saturated carbocycles. The Bertz CT molecular complexity index is 428. The van der Waals surface area contributed by atoms with E-state index in [1.165, 1.54) is 0 Å². The summed E-state index contributed by atoms with van der Waals surface area (Å²) >= 11 is 0. The van der Waals surface area contributed by atoms with Crippen molar-refractivity contribution in [2.75, 3.05) is 25.5 Å². The van der Waals surface area contributed by atoms with Gasteiger partial charge in [0.05, 0.1) is 0 Å². The lowest BCUT2D eigenvalue weighted by Gasteiger charge is -2.28. The smallest absolute Gasteiger partial charge is 0.411 e. The third-order valence-electron chi connectivity index (χ3n) is 3.35. The van der Waals surface area contributed by atoms with Gasteiger partial charge in [-0.15, -0.1) is 0 Å². The normalized spacial score (nSPS) is 17.2. The molecule has 1 saturated heterocycles. The Morgan fingerprint density at radius 3 is 2.89 bits per heavy atom. The van der Waals surface area contributed by atoms with Crippen molar-refractivity contribution in [3.63, 3.8) is 0 Å². The van der Waals surface area contributed by atoms with Gasteiger partial charge >= 0.3 is 6.09 Å². The van der Waals surface area contributed by atoms with Gasteiger partial charge in [-0.05, 0) is 37.6 Å². The lowest BCUT2D eigenvalue weighted by molar-refractivity contribution is 0.0662. The first kappa shape index (κ1) is 13.8. The number of rotatable bonds is 3. The fourth-order valence-electron chi connectivity index (χ4n) is 2.18. The minimum Gasteiger partial charge on any atom is -0.446 e. The molecular weight excluding hydrogens is 242 g/mol. The van der Waals surface area contributed by atoms with Crippen molar-refractivity contribution < 1.29 is 9.53 Å². The second kappa shape index (κ2) is 6.54. The summed E-state index contributed by atoms with van der Waals surface area (Å²) in [7, 11) is 2.08. The van der Waals surface area contributed by atoms with Gasteiger partial charge in [0.25, 0.3) is 0 Å². The molecule has 1 aliphatic heterocycles. The molecule has 19 heavy (non-hydrogen) atoms. The number of nitrogens with two attached hydrogens (primary N) is 1. The third kappa shape index (κ3) is 4.22. The highest BCUT2D eigenvalue weighted by Crippen LogP contribution is 2.14. The lowest BCUT2D eigenvalue weighted by Crippen LogP contribution is -2.36. The van der Waals surface area contributed by atoms with Crippen LogP contribution in [0, 0.1) is 0 Å². The topological polar surface area (TPSA) is 67.6 Å². The average molecular weight is 263 g/mol. The number of anilines is 1. The Morgan fingerprint density at radius 2 is 2.21 bits per heavy atom. The summed E-state index contributed by atoms with van der Waals surface area (Å²) in [6.07, 6.45) is 1.43. The van der Waals surface area contributed by atoms with Crippen LogP contribution in [0.15, 0.2) is 24.3 Å². The molecular formula is C14H21N3O2. The minimum absolute atomic E-state index is 0.0221. The maximum atomic E-state index is 11.8. The van der Waals surface area contributed by atoms with E-state index in [9.17, 15) is 4.79 Å². The van der Waals surface area contributed by atoms with E-state index < -0.39 is 0 Å². The molecule has 0 unspecified atom stereocenters. The summed E-state index contributed by atoms with van der Waals surface area (Å²) in [5.41, 5.74) is 7.27. The number of likely N-dealkylation sites (tertiary alicyclic amines) is 1. The molecule has 5 nitrogen and oxygen atoms in total. The van der Waals surface area contributed by atoms with Crippen molar-refractivity contribution in [1.82, 2.24) is 4.90 Å². The van der Waals surface area contributed by atoms with Crippen LogP contribution in [0.5, 0.6) is 0 Å². The molecule has 1 aromatic rings. The molecule has 0 atom stereocenters. The average Bonchev–Trinajstić information content (AvgIpc) is 2.41. The molecule has 0 spiro atoms. The molecule has 1 aromatic carbocycles. The van der Waals surface area contributed by atoms with Crippen LogP contribution in [-0.2, 0) is 11.3 Å². The van der Waals surface area contributed by atoms with Crippen molar-refractivity contribution in [3.8, 4) is 0 Å². The van der Waals surface area contributed by atoms with Gasteiger partial charge in [0, 0.05) is 25.3 Å². The molecule has 0 bridgehead atoms. The monoisotopic (exact) mass is 263 g/mol. The van der Waals surface area contributed by atoms with Gasteiger partial charge < -0.3 is 15.4 Å². The molecule has 1 aliphatic rings. The predicted molar refractivity (Wildman–Crippen MR) is 75.0 cm³/mol. The Labute approximate surface area is 113 Å². The van der Waals surface area contributed by atoms with Gasteiger partial charge in [-0.3, -0.25) is 5.32 Å². The zero-order valence-electron chi connectivity index (χ0n) is 11.3. The van der Waals surface area contributed by atoms with Crippen LogP contribution >= 0.6 is 0 Å². The van der Waals surface area contributed by atoms with E-state index in [0.717, 1.165) is 37.2 Å². The highest BCUT2D eigenvalue weighted by Gasteiger charge is 2.20. The van der Waals surface area contributed by atoms with E-state index in [-0.39, 0.29) is 12.2 Å². The Hall–Kier alpha value is -1.59. The van der Waals surface area contributed by atoms with Crippen LogP contribution in [0.2, 0.25) is 0 Å². The van der Waals surface area contributed by atoms with Gasteiger partial charge in [-0.2, -0.15) is 0 Å². The van der Waals surface area contributed by atoms with Crippen LogP contribution in [0.1, 0.15) is 18.4 Å². The number of carbonyl (C=O) groups is 1. The molecule has 1 fully saturated rings. The zero-order valence-corrected chi connectivity index (χ0v) is 11.3. The summed E-state index contributed by atoms with van der Waals surface area (Å²) < 4.78 is 5.41. The molecule has 0 aromatic heterocycles. The summed E-state index contributed by atoms with van der Waals surface area (Å²) in [6, 6.07) is 7.48. The lowest BCUT2D eigenvalue weighted by atomic mass is 10.1.